The third kappa shape index (κ3) is 8.93. The summed E-state index contributed by atoms with van der Waals surface area (Å²) in [5.41, 5.74) is -0.445. The second-order valence-electron chi connectivity index (χ2n) is 8.57. The maximum Gasteiger partial charge on any atom is 0.310 e. The molecule has 1 rings (SSSR count). The van der Waals surface area contributed by atoms with Crippen molar-refractivity contribution in [2.24, 2.45) is 11.3 Å². The summed E-state index contributed by atoms with van der Waals surface area (Å²) in [6.07, 6.45) is 23.0. The first-order chi connectivity index (χ1) is 12.7. The Labute approximate surface area is 176 Å². The van der Waals surface area contributed by atoms with Gasteiger partial charge in [0.15, 0.2) is 0 Å². The van der Waals surface area contributed by atoms with Crippen molar-refractivity contribution in [2.75, 3.05) is 4.43 Å². The van der Waals surface area contributed by atoms with Crippen molar-refractivity contribution in [3.05, 3.63) is 0 Å². The summed E-state index contributed by atoms with van der Waals surface area (Å²) in [6.45, 7) is 2.27. The molecule has 1 aliphatic carbocycles. The van der Waals surface area contributed by atoms with Gasteiger partial charge in [-0.15, -0.1) is 0 Å². The number of aliphatic carboxylic acids is 1. The van der Waals surface area contributed by atoms with Crippen LogP contribution < -0.4 is 0 Å². The molecule has 2 nitrogen and oxygen atoms in total. The van der Waals surface area contributed by atoms with Gasteiger partial charge in [-0.25, -0.2) is 0 Å². The number of hydrogen-bond acceptors (Lipinski definition) is 1. The maximum absolute atomic E-state index is 12.1. The Bertz CT molecular complexity index is 352. The van der Waals surface area contributed by atoms with Crippen LogP contribution in [0.5, 0.6) is 0 Å². The van der Waals surface area contributed by atoms with Gasteiger partial charge in [0.2, 0.25) is 0 Å². The molecule has 0 aromatic heterocycles. The fraction of sp³-hybridized carbons (Fsp3) is 0.957. The molecule has 1 fully saturated rings. The van der Waals surface area contributed by atoms with Gasteiger partial charge in [0, 0.05) is 4.43 Å². The topological polar surface area (TPSA) is 37.3 Å². The predicted octanol–water partition coefficient (Wildman–Crippen LogP) is 8.16. The van der Waals surface area contributed by atoms with Gasteiger partial charge >= 0.3 is 5.97 Å². The molecule has 3 heteroatoms. The standard InChI is InChI=1S/C23H43IO2/c1-2-3-4-5-6-7-8-9-10-11-12-16-19-23(20-24,22(25)26)21-17-14-13-15-18-21/h21H,2-20H2,1H3,(H,25,26). The minimum absolute atomic E-state index is 0.415. The third-order valence-electron chi connectivity index (χ3n) is 6.53. The first-order valence-electron chi connectivity index (χ1n) is 11.5. The second-order valence-corrected chi connectivity index (χ2v) is 9.33. The summed E-state index contributed by atoms with van der Waals surface area (Å²) in [5, 5.41) is 9.95. The van der Waals surface area contributed by atoms with Crippen LogP contribution in [0.25, 0.3) is 0 Å². The highest BCUT2D eigenvalue weighted by atomic mass is 127. The second kappa shape index (κ2) is 15.2. The zero-order valence-corrected chi connectivity index (χ0v) is 19.4. The van der Waals surface area contributed by atoms with E-state index >= 15 is 0 Å². The van der Waals surface area contributed by atoms with Crippen molar-refractivity contribution in [3.8, 4) is 0 Å². The number of unbranched alkanes of at least 4 members (excludes halogenated alkanes) is 11. The van der Waals surface area contributed by atoms with E-state index in [0.29, 0.717) is 5.92 Å². The SMILES string of the molecule is CCCCCCCCCCCCCCC(CI)(C(=O)O)C1CCCCC1. The summed E-state index contributed by atoms with van der Waals surface area (Å²) < 4.78 is 0.781. The van der Waals surface area contributed by atoms with E-state index in [1.54, 1.807) is 0 Å². The van der Waals surface area contributed by atoms with Gasteiger partial charge in [-0.1, -0.05) is 126 Å². The van der Waals surface area contributed by atoms with Crippen LogP contribution in [0.3, 0.4) is 0 Å². The maximum atomic E-state index is 12.1. The lowest BCUT2D eigenvalue weighted by atomic mass is 9.67. The van der Waals surface area contributed by atoms with Crippen LogP contribution in [0.4, 0.5) is 0 Å². The van der Waals surface area contributed by atoms with Crippen molar-refractivity contribution in [2.45, 2.75) is 122 Å². The van der Waals surface area contributed by atoms with Gasteiger partial charge in [-0.3, -0.25) is 4.79 Å². The Hall–Kier alpha value is 0.200. The fourth-order valence-corrected chi connectivity index (χ4v) is 5.99. The molecule has 0 saturated heterocycles. The predicted molar refractivity (Wildman–Crippen MR) is 121 cm³/mol. The van der Waals surface area contributed by atoms with Crippen LogP contribution in [-0.2, 0) is 4.79 Å². The van der Waals surface area contributed by atoms with E-state index in [2.05, 4.69) is 29.5 Å². The largest absolute Gasteiger partial charge is 0.481 e. The zero-order chi connectivity index (χ0) is 19.1. The molecule has 0 aromatic rings. The molecule has 0 spiro atoms. The van der Waals surface area contributed by atoms with Gasteiger partial charge in [-0.05, 0) is 25.2 Å². The van der Waals surface area contributed by atoms with Crippen molar-refractivity contribution in [1.29, 1.82) is 0 Å². The van der Waals surface area contributed by atoms with Gasteiger partial charge < -0.3 is 5.11 Å². The minimum atomic E-state index is -0.526. The van der Waals surface area contributed by atoms with E-state index < -0.39 is 11.4 Å². The molecule has 1 aliphatic rings. The lowest BCUT2D eigenvalue weighted by molar-refractivity contribution is -0.152. The molecule has 1 unspecified atom stereocenters. The highest BCUT2D eigenvalue weighted by molar-refractivity contribution is 14.1. The number of carboxylic acids is 1. The minimum Gasteiger partial charge on any atom is -0.481 e. The Kier molecular flexibility index (Phi) is 14.1. The van der Waals surface area contributed by atoms with Crippen LogP contribution in [0.1, 0.15) is 122 Å². The van der Waals surface area contributed by atoms with Gasteiger partial charge in [0.1, 0.15) is 0 Å². The molecule has 1 saturated carbocycles. The van der Waals surface area contributed by atoms with Gasteiger partial charge in [0.25, 0.3) is 0 Å². The number of carbonyl (C=O) groups is 1. The van der Waals surface area contributed by atoms with E-state index in [9.17, 15) is 9.90 Å². The Morgan fingerprint density at radius 1 is 0.846 bits per heavy atom. The summed E-state index contributed by atoms with van der Waals surface area (Å²) in [7, 11) is 0. The van der Waals surface area contributed by atoms with Crippen LogP contribution in [-0.4, -0.2) is 15.5 Å². The molecule has 0 bridgehead atoms. The van der Waals surface area contributed by atoms with Crippen LogP contribution in [0, 0.1) is 11.3 Å². The van der Waals surface area contributed by atoms with E-state index in [-0.39, 0.29) is 0 Å². The highest BCUT2D eigenvalue weighted by Gasteiger charge is 2.44. The van der Waals surface area contributed by atoms with E-state index in [1.165, 1.54) is 89.9 Å². The number of hydrogen-bond donors (Lipinski definition) is 1. The first-order valence-corrected chi connectivity index (χ1v) is 13.0. The van der Waals surface area contributed by atoms with E-state index in [0.717, 1.165) is 30.1 Å². The monoisotopic (exact) mass is 478 g/mol. The van der Waals surface area contributed by atoms with Crippen molar-refractivity contribution < 1.29 is 9.90 Å². The van der Waals surface area contributed by atoms with E-state index in [1.807, 2.05) is 0 Å². The van der Waals surface area contributed by atoms with Crippen LogP contribution in [0.2, 0.25) is 0 Å². The van der Waals surface area contributed by atoms with Crippen molar-refractivity contribution in [1.82, 2.24) is 0 Å². The normalized spacial score (nSPS) is 17.9. The number of rotatable bonds is 16. The summed E-state index contributed by atoms with van der Waals surface area (Å²) in [5.74, 6) is -0.111. The summed E-state index contributed by atoms with van der Waals surface area (Å²) in [4.78, 5) is 12.1. The summed E-state index contributed by atoms with van der Waals surface area (Å²) in [6, 6.07) is 0. The number of alkyl halides is 1. The summed E-state index contributed by atoms with van der Waals surface area (Å²) >= 11 is 2.33. The first kappa shape index (κ1) is 24.2. The molecule has 1 N–H and O–H groups in total. The quantitative estimate of drug-likeness (QED) is 0.138. The fourth-order valence-electron chi connectivity index (χ4n) is 4.66. The zero-order valence-electron chi connectivity index (χ0n) is 17.2. The van der Waals surface area contributed by atoms with Crippen molar-refractivity contribution in [3.63, 3.8) is 0 Å². The molecule has 0 radical (unpaired) electrons. The Morgan fingerprint density at radius 3 is 1.73 bits per heavy atom. The molecule has 0 aliphatic heterocycles. The van der Waals surface area contributed by atoms with Crippen molar-refractivity contribution >= 4 is 28.6 Å². The van der Waals surface area contributed by atoms with Crippen LogP contribution in [0.15, 0.2) is 0 Å². The lowest BCUT2D eigenvalue weighted by Crippen LogP contribution is -2.41. The number of carboxylic acid groups (broad SMARTS) is 1. The molecular weight excluding hydrogens is 435 g/mol. The molecule has 1 atom stereocenters. The Morgan fingerprint density at radius 2 is 1.31 bits per heavy atom. The molecule has 26 heavy (non-hydrogen) atoms. The number of halogens is 1. The molecule has 0 aromatic carbocycles. The lowest BCUT2D eigenvalue weighted by Gasteiger charge is -2.38. The average molecular weight is 478 g/mol. The average Bonchev–Trinajstić information content (AvgIpc) is 2.66. The third-order valence-corrected chi connectivity index (χ3v) is 7.89. The van der Waals surface area contributed by atoms with Crippen LogP contribution >= 0.6 is 22.6 Å². The molecule has 154 valence electrons. The molecule has 0 amide bonds. The van der Waals surface area contributed by atoms with Gasteiger partial charge in [-0.2, -0.15) is 0 Å². The van der Waals surface area contributed by atoms with E-state index in [4.69, 9.17) is 0 Å². The highest BCUT2D eigenvalue weighted by Crippen LogP contribution is 2.44. The van der Waals surface area contributed by atoms with Gasteiger partial charge in [0.05, 0.1) is 5.41 Å². The molecular formula is C23H43IO2. The molecule has 0 heterocycles. The Balaban J connectivity index is 2.12. The smallest absolute Gasteiger partial charge is 0.310 e.